The molecule has 2 heterocycles. The standard InChI is InChI=1S/C12H15BrN2O2/c1-2-9-8-17-7-6-15(9)12(16)10-4-3-5-11(13)14-10/h3-5,9H,2,6-8H2,1H3. The molecule has 0 bridgehead atoms. The van der Waals surface area contributed by atoms with Crippen LogP contribution in [0, 0.1) is 0 Å². The first kappa shape index (κ1) is 12.5. The van der Waals surface area contributed by atoms with E-state index in [9.17, 15) is 4.79 Å². The Labute approximate surface area is 109 Å². The zero-order valence-corrected chi connectivity index (χ0v) is 11.3. The van der Waals surface area contributed by atoms with Crippen LogP contribution in [0.2, 0.25) is 0 Å². The number of hydrogen-bond donors (Lipinski definition) is 0. The fourth-order valence-corrected chi connectivity index (χ4v) is 2.28. The second-order valence-corrected chi connectivity index (χ2v) is 4.79. The predicted molar refractivity (Wildman–Crippen MR) is 67.9 cm³/mol. The van der Waals surface area contributed by atoms with Crippen LogP contribution in [0.25, 0.3) is 0 Å². The second kappa shape index (κ2) is 5.60. The largest absolute Gasteiger partial charge is 0.377 e. The normalized spacial score (nSPS) is 20.4. The monoisotopic (exact) mass is 298 g/mol. The lowest BCUT2D eigenvalue weighted by atomic mass is 10.1. The molecule has 0 radical (unpaired) electrons. The highest BCUT2D eigenvalue weighted by Gasteiger charge is 2.27. The number of hydrogen-bond acceptors (Lipinski definition) is 3. The minimum absolute atomic E-state index is 0.0125. The van der Waals surface area contributed by atoms with Gasteiger partial charge in [-0.2, -0.15) is 0 Å². The van der Waals surface area contributed by atoms with Crippen LogP contribution in [0.15, 0.2) is 22.8 Å². The molecule has 1 amide bonds. The van der Waals surface area contributed by atoms with Gasteiger partial charge in [0.15, 0.2) is 0 Å². The Kier molecular flexibility index (Phi) is 4.12. The predicted octanol–water partition coefficient (Wildman–Crippen LogP) is 2.10. The average Bonchev–Trinajstić information content (AvgIpc) is 2.38. The maximum Gasteiger partial charge on any atom is 0.272 e. The van der Waals surface area contributed by atoms with Gasteiger partial charge in [-0.3, -0.25) is 4.79 Å². The van der Waals surface area contributed by atoms with Crippen LogP contribution in [-0.2, 0) is 4.74 Å². The summed E-state index contributed by atoms with van der Waals surface area (Å²) in [5, 5.41) is 0. The molecule has 1 aromatic heterocycles. The van der Waals surface area contributed by atoms with Gasteiger partial charge in [-0.1, -0.05) is 13.0 Å². The van der Waals surface area contributed by atoms with Gasteiger partial charge in [0, 0.05) is 6.54 Å². The summed E-state index contributed by atoms with van der Waals surface area (Å²) in [4.78, 5) is 18.4. The lowest BCUT2D eigenvalue weighted by molar-refractivity contribution is -0.00311. The topological polar surface area (TPSA) is 42.4 Å². The van der Waals surface area contributed by atoms with Crippen molar-refractivity contribution in [3.8, 4) is 0 Å². The molecule has 0 N–H and O–H groups in total. The van der Waals surface area contributed by atoms with E-state index in [1.165, 1.54) is 0 Å². The number of aromatic nitrogens is 1. The van der Waals surface area contributed by atoms with Gasteiger partial charge in [0.05, 0.1) is 19.3 Å². The molecule has 1 saturated heterocycles. The number of amides is 1. The van der Waals surface area contributed by atoms with Gasteiger partial charge in [-0.15, -0.1) is 0 Å². The summed E-state index contributed by atoms with van der Waals surface area (Å²) in [6.07, 6.45) is 0.903. The Balaban J connectivity index is 2.18. The third kappa shape index (κ3) is 2.84. The molecule has 2 rings (SSSR count). The number of nitrogens with zero attached hydrogens (tertiary/aromatic N) is 2. The Morgan fingerprint density at radius 1 is 1.65 bits per heavy atom. The van der Waals surface area contributed by atoms with Crippen LogP contribution < -0.4 is 0 Å². The minimum atomic E-state index is -0.0125. The molecule has 0 spiro atoms. The third-order valence-corrected chi connectivity index (χ3v) is 3.34. The van der Waals surface area contributed by atoms with Crippen LogP contribution in [0.1, 0.15) is 23.8 Å². The molecular formula is C12H15BrN2O2. The summed E-state index contributed by atoms with van der Waals surface area (Å²) in [6.45, 7) is 3.94. The molecule has 92 valence electrons. The lowest BCUT2D eigenvalue weighted by Crippen LogP contribution is -2.48. The van der Waals surface area contributed by atoms with E-state index < -0.39 is 0 Å². The van der Waals surface area contributed by atoms with E-state index in [0.29, 0.717) is 30.1 Å². The van der Waals surface area contributed by atoms with Gasteiger partial charge in [0.2, 0.25) is 0 Å². The van der Waals surface area contributed by atoms with Crippen molar-refractivity contribution in [2.24, 2.45) is 0 Å². The Morgan fingerprint density at radius 3 is 3.18 bits per heavy atom. The molecule has 0 aliphatic carbocycles. The van der Waals surface area contributed by atoms with Gasteiger partial charge in [-0.05, 0) is 34.5 Å². The molecule has 1 fully saturated rings. The first-order chi connectivity index (χ1) is 8.22. The first-order valence-electron chi connectivity index (χ1n) is 5.73. The summed E-state index contributed by atoms with van der Waals surface area (Å²) in [5.41, 5.74) is 0.486. The molecule has 1 aliphatic rings. The van der Waals surface area contributed by atoms with Gasteiger partial charge >= 0.3 is 0 Å². The van der Waals surface area contributed by atoms with E-state index >= 15 is 0 Å². The smallest absolute Gasteiger partial charge is 0.272 e. The Hall–Kier alpha value is -0.940. The zero-order chi connectivity index (χ0) is 12.3. The molecular weight excluding hydrogens is 284 g/mol. The number of rotatable bonds is 2. The summed E-state index contributed by atoms with van der Waals surface area (Å²) in [6, 6.07) is 5.55. The van der Waals surface area contributed by atoms with E-state index in [-0.39, 0.29) is 11.9 Å². The summed E-state index contributed by atoms with van der Waals surface area (Å²) >= 11 is 3.28. The minimum Gasteiger partial charge on any atom is -0.377 e. The second-order valence-electron chi connectivity index (χ2n) is 3.98. The number of ether oxygens (including phenoxy) is 1. The van der Waals surface area contributed by atoms with E-state index in [1.807, 2.05) is 17.0 Å². The number of carbonyl (C=O) groups excluding carboxylic acids is 1. The highest BCUT2D eigenvalue weighted by atomic mass is 79.9. The number of halogens is 1. The van der Waals surface area contributed by atoms with Crippen LogP contribution in [-0.4, -0.2) is 41.6 Å². The number of carbonyl (C=O) groups is 1. The Bertz CT molecular complexity index is 411. The van der Waals surface area contributed by atoms with Crippen molar-refractivity contribution in [3.05, 3.63) is 28.5 Å². The van der Waals surface area contributed by atoms with Crippen molar-refractivity contribution in [2.45, 2.75) is 19.4 Å². The molecule has 0 saturated carbocycles. The lowest BCUT2D eigenvalue weighted by Gasteiger charge is -2.34. The van der Waals surface area contributed by atoms with Crippen molar-refractivity contribution >= 4 is 21.8 Å². The first-order valence-corrected chi connectivity index (χ1v) is 6.53. The van der Waals surface area contributed by atoms with Gasteiger partial charge < -0.3 is 9.64 Å². The van der Waals surface area contributed by atoms with E-state index in [4.69, 9.17) is 4.74 Å². The quantitative estimate of drug-likeness (QED) is 0.785. The SMILES string of the molecule is CCC1COCCN1C(=O)c1cccc(Br)n1. The van der Waals surface area contributed by atoms with Crippen LogP contribution in [0.3, 0.4) is 0 Å². The van der Waals surface area contributed by atoms with Crippen molar-refractivity contribution < 1.29 is 9.53 Å². The average molecular weight is 299 g/mol. The van der Waals surface area contributed by atoms with Crippen LogP contribution in [0.4, 0.5) is 0 Å². The van der Waals surface area contributed by atoms with Gasteiger partial charge in [0.25, 0.3) is 5.91 Å². The van der Waals surface area contributed by atoms with Crippen LogP contribution in [0.5, 0.6) is 0 Å². The van der Waals surface area contributed by atoms with Crippen molar-refractivity contribution in [2.75, 3.05) is 19.8 Å². The molecule has 1 aromatic rings. The summed E-state index contributed by atoms with van der Waals surface area (Å²) in [5.74, 6) is -0.0125. The molecule has 1 atom stereocenters. The van der Waals surface area contributed by atoms with Gasteiger partial charge in [0.1, 0.15) is 10.3 Å². The summed E-state index contributed by atoms with van der Waals surface area (Å²) in [7, 11) is 0. The third-order valence-electron chi connectivity index (χ3n) is 2.89. The Morgan fingerprint density at radius 2 is 2.47 bits per heavy atom. The van der Waals surface area contributed by atoms with Crippen LogP contribution >= 0.6 is 15.9 Å². The highest BCUT2D eigenvalue weighted by Crippen LogP contribution is 2.15. The highest BCUT2D eigenvalue weighted by molar-refractivity contribution is 9.10. The van der Waals surface area contributed by atoms with Gasteiger partial charge in [-0.25, -0.2) is 4.98 Å². The molecule has 0 aromatic carbocycles. The summed E-state index contributed by atoms with van der Waals surface area (Å²) < 4.78 is 6.07. The number of morpholine rings is 1. The fourth-order valence-electron chi connectivity index (χ4n) is 1.93. The molecule has 5 heteroatoms. The fraction of sp³-hybridized carbons (Fsp3) is 0.500. The molecule has 1 aliphatic heterocycles. The molecule has 17 heavy (non-hydrogen) atoms. The number of pyridine rings is 1. The zero-order valence-electron chi connectivity index (χ0n) is 9.73. The van der Waals surface area contributed by atoms with Crippen molar-refractivity contribution in [1.29, 1.82) is 0 Å². The maximum absolute atomic E-state index is 12.3. The maximum atomic E-state index is 12.3. The molecule has 1 unspecified atom stereocenters. The van der Waals surface area contributed by atoms with Crippen molar-refractivity contribution in [3.63, 3.8) is 0 Å². The van der Waals surface area contributed by atoms with E-state index in [2.05, 4.69) is 27.8 Å². The van der Waals surface area contributed by atoms with Crippen molar-refractivity contribution in [1.82, 2.24) is 9.88 Å². The molecule has 4 nitrogen and oxygen atoms in total. The van der Waals surface area contributed by atoms with E-state index in [0.717, 1.165) is 6.42 Å². The van der Waals surface area contributed by atoms with E-state index in [1.54, 1.807) is 6.07 Å².